The highest BCUT2D eigenvalue weighted by atomic mass is 16.5. The molecular formula is C16H14N2O2. The lowest BCUT2D eigenvalue weighted by molar-refractivity contribution is 0.100. The first-order valence-corrected chi connectivity index (χ1v) is 6.25. The minimum atomic E-state index is -0.424. The van der Waals surface area contributed by atoms with Crippen molar-refractivity contribution < 1.29 is 9.53 Å². The van der Waals surface area contributed by atoms with Crippen LogP contribution in [0.3, 0.4) is 0 Å². The SMILES string of the molecule is COc1cccc(-c2cc3c(C(N)=O)cccc3[nH]2)c1. The fourth-order valence-corrected chi connectivity index (χ4v) is 2.32. The number of rotatable bonds is 3. The Labute approximate surface area is 116 Å². The number of ether oxygens (including phenoxy) is 1. The zero-order valence-corrected chi connectivity index (χ0v) is 11.0. The van der Waals surface area contributed by atoms with Gasteiger partial charge < -0.3 is 15.5 Å². The van der Waals surface area contributed by atoms with Crippen molar-refractivity contribution in [1.82, 2.24) is 4.98 Å². The largest absolute Gasteiger partial charge is 0.497 e. The van der Waals surface area contributed by atoms with Crippen molar-refractivity contribution in [3.05, 3.63) is 54.1 Å². The number of hydrogen-bond donors (Lipinski definition) is 2. The molecule has 4 nitrogen and oxygen atoms in total. The molecule has 3 aromatic rings. The average molecular weight is 266 g/mol. The molecule has 1 aromatic heterocycles. The number of hydrogen-bond acceptors (Lipinski definition) is 2. The number of aromatic amines is 1. The molecule has 3 rings (SSSR count). The third kappa shape index (κ3) is 2.01. The van der Waals surface area contributed by atoms with Gasteiger partial charge in [0.25, 0.3) is 0 Å². The van der Waals surface area contributed by atoms with Crippen LogP contribution in [0.25, 0.3) is 22.2 Å². The van der Waals surface area contributed by atoms with Crippen LogP contribution in [0, 0.1) is 0 Å². The van der Waals surface area contributed by atoms with Gasteiger partial charge in [-0.1, -0.05) is 18.2 Å². The summed E-state index contributed by atoms with van der Waals surface area (Å²) in [6.07, 6.45) is 0. The Morgan fingerprint density at radius 2 is 1.95 bits per heavy atom. The van der Waals surface area contributed by atoms with Crippen molar-refractivity contribution in [2.24, 2.45) is 5.73 Å². The summed E-state index contributed by atoms with van der Waals surface area (Å²) in [5.41, 5.74) is 8.73. The molecule has 2 aromatic carbocycles. The summed E-state index contributed by atoms with van der Waals surface area (Å²) in [5.74, 6) is 0.364. The van der Waals surface area contributed by atoms with E-state index in [1.54, 1.807) is 13.2 Å². The van der Waals surface area contributed by atoms with Crippen LogP contribution in [0.1, 0.15) is 10.4 Å². The molecule has 0 spiro atoms. The van der Waals surface area contributed by atoms with E-state index in [-0.39, 0.29) is 0 Å². The van der Waals surface area contributed by atoms with Gasteiger partial charge in [-0.15, -0.1) is 0 Å². The molecule has 0 atom stereocenters. The predicted octanol–water partition coefficient (Wildman–Crippen LogP) is 2.94. The first-order valence-electron chi connectivity index (χ1n) is 6.25. The van der Waals surface area contributed by atoms with Gasteiger partial charge >= 0.3 is 0 Å². The highest BCUT2D eigenvalue weighted by Crippen LogP contribution is 2.28. The lowest BCUT2D eigenvalue weighted by atomic mass is 10.1. The molecule has 1 heterocycles. The Hall–Kier alpha value is -2.75. The monoisotopic (exact) mass is 266 g/mol. The van der Waals surface area contributed by atoms with E-state index in [1.807, 2.05) is 42.5 Å². The van der Waals surface area contributed by atoms with E-state index in [4.69, 9.17) is 10.5 Å². The number of H-pyrrole nitrogens is 1. The molecule has 100 valence electrons. The number of carbonyl (C=O) groups is 1. The van der Waals surface area contributed by atoms with E-state index < -0.39 is 5.91 Å². The van der Waals surface area contributed by atoms with E-state index in [0.29, 0.717) is 5.56 Å². The van der Waals surface area contributed by atoms with Gasteiger partial charge in [0.2, 0.25) is 5.91 Å². The molecular weight excluding hydrogens is 252 g/mol. The summed E-state index contributed by atoms with van der Waals surface area (Å²) in [7, 11) is 1.63. The second-order valence-corrected chi connectivity index (χ2v) is 4.55. The van der Waals surface area contributed by atoms with E-state index in [0.717, 1.165) is 27.9 Å². The van der Waals surface area contributed by atoms with E-state index in [1.165, 1.54) is 0 Å². The first-order chi connectivity index (χ1) is 9.69. The maximum Gasteiger partial charge on any atom is 0.249 e. The standard InChI is InChI=1S/C16H14N2O2/c1-20-11-5-2-4-10(8-11)15-9-13-12(16(17)19)6-3-7-14(13)18-15/h2-9,18H,1H3,(H2,17,19). The van der Waals surface area contributed by atoms with Crippen molar-refractivity contribution >= 4 is 16.8 Å². The third-order valence-corrected chi connectivity index (χ3v) is 3.31. The van der Waals surface area contributed by atoms with Crippen LogP contribution >= 0.6 is 0 Å². The van der Waals surface area contributed by atoms with E-state index in [2.05, 4.69) is 4.98 Å². The summed E-state index contributed by atoms with van der Waals surface area (Å²) in [4.78, 5) is 14.7. The fourth-order valence-electron chi connectivity index (χ4n) is 2.32. The van der Waals surface area contributed by atoms with Gasteiger partial charge in [0, 0.05) is 27.7 Å². The van der Waals surface area contributed by atoms with Crippen LogP contribution in [0.4, 0.5) is 0 Å². The molecule has 4 heteroatoms. The fraction of sp³-hybridized carbons (Fsp3) is 0.0625. The maximum atomic E-state index is 11.4. The lowest BCUT2D eigenvalue weighted by Gasteiger charge is -2.02. The second kappa shape index (κ2) is 4.74. The quantitative estimate of drug-likeness (QED) is 0.765. The number of carbonyl (C=O) groups excluding carboxylic acids is 1. The van der Waals surface area contributed by atoms with Crippen molar-refractivity contribution in [3.8, 4) is 17.0 Å². The van der Waals surface area contributed by atoms with Gasteiger partial charge in [-0.05, 0) is 30.3 Å². The van der Waals surface area contributed by atoms with Gasteiger partial charge in [-0.25, -0.2) is 0 Å². The zero-order chi connectivity index (χ0) is 14.1. The lowest BCUT2D eigenvalue weighted by Crippen LogP contribution is -2.10. The minimum absolute atomic E-state index is 0.424. The average Bonchev–Trinajstić information content (AvgIpc) is 2.91. The van der Waals surface area contributed by atoms with E-state index in [9.17, 15) is 4.79 Å². The summed E-state index contributed by atoms with van der Waals surface area (Å²) >= 11 is 0. The Morgan fingerprint density at radius 3 is 2.70 bits per heavy atom. The van der Waals surface area contributed by atoms with Crippen molar-refractivity contribution in [2.75, 3.05) is 7.11 Å². The second-order valence-electron chi connectivity index (χ2n) is 4.55. The molecule has 20 heavy (non-hydrogen) atoms. The van der Waals surface area contributed by atoms with Crippen molar-refractivity contribution in [1.29, 1.82) is 0 Å². The van der Waals surface area contributed by atoms with Crippen LogP contribution in [0.2, 0.25) is 0 Å². The number of primary amides is 1. The smallest absolute Gasteiger partial charge is 0.249 e. The van der Waals surface area contributed by atoms with Gasteiger partial charge in [0.05, 0.1) is 7.11 Å². The molecule has 0 radical (unpaired) electrons. The Morgan fingerprint density at radius 1 is 1.15 bits per heavy atom. The first kappa shape index (κ1) is 12.3. The molecule has 0 aliphatic rings. The molecule has 0 aliphatic carbocycles. The van der Waals surface area contributed by atoms with Crippen LogP contribution in [0.5, 0.6) is 5.75 Å². The van der Waals surface area contributed by atoms with Crippen LogP contribution in [0.15, 0.2) is 48.5 Å². The maximum absolute atomic E-state index is 11.4. The van der Waals surface area contributed by atoms with Crippen LogP contribution < -0.4 is 10.5 Å². The van der Waals surface area contributed by atoms with Gasteiger partial charge in [-0.3, -0.25) is 4.79 Å². The number of nitrogens with one attached hydrogen (secondary N) is 1. The molecule has 0 saturated carbocycles. The molecule has 0 unspecified atom stereocenters. The molecule has 1 amide bonds. The normalized spacial score (nSPS) is 10.7. The number of aromatic nitrogens is 1. The highest BCUT2D eigenvalue weighted by molar-refractivity contribution is 6.06. The Kier molecular flexibility index (Phi) is 2.91. The number of nitrogens with two attached hydrogens (primary N) is 1. The molecule has 0 bridgehead atoms. The van der Waals surface area contributed by atoms with Crippen LogP contribution in [-0.4, -0.2) is 18.0 Å². The van der Waals surface area contributed by atoms with Gasteiger partial charge in [0.15, 0.2) is 0 Å². The molecule has 0 aliphatic heterocycles. The molecule has 0 fully saturated rings. The van der Waals surface area contributed by atoms with Gasteiger partial charge in [0.1, 0.15) is 5.75 Å². The molecule has 3 N–H and O–H groups in total. The van der Waals surface area contributed by atoms with Crippen LogP contribution in [-0.2, 0) is 0 Å². The number of amides is 1. The Balaban J connectivity index is 2.17. The summed E-state index contributed by atoms with van der Waals surface area (Å²) in [5, 5.41) is 0.831. The topological polar surface area (TPSA) is 68.1 Å². The van der Waals surface area contributed by atoms with E-state index >= 15 is 0 Å². The summed E-state index contributed by atoms with van der Waals surface area (Å²) < 4.78 is 5.22. The Bertz CT molecular complexity index is 790. The number of benzene rings is 2. The van der Waals surface area contributed by atoms with Gasteiger partial charge in [-0.2, -0.15) is 0 Å². The predicted molar refractivity (Wildman–Crippen MR) is 78.8 cm³/mol. The third-order valence-electron chi connectivity index (χ3n) is 3.31. The summed E-state index contributed by atoms with van der Waals surface area (Å²) in [6.45, 7) is 0. The summed E-state index contributed by atoms with van der Waals surface area (Å²) in [6, 6.07) is 15.1. The van der Waals surface area contributed by atoms with Crippen molar-refractivity contribution in [3.63, 3.8) is 0 Å². The zero-order valence-electron chi connectivity index (χ0n) is 11.0. The minimum Gasteiger partial charge on any atom is -0.497 e. The number of fused-ring (bicyclic) bond motifs is 1. The molecule has 0 saturated heterocycles. The number of methoxy groups -OCH3 is 1. The highest BCUT2D eigenvalue weighted by Gasteiger charge is 2.10. The van der Waals surface area contributed by atoms with Crippen molar-refractivity contribution in [2.45, 2.75) is 0 Å².